The fraction of sp³-hybridized carbons (Fsp3) is 0.250. The van der Waals surface area contributed by atoms with E-state index < -0.39 is 0 Å². The van der Waals surface area contributed by atoms with Crippen LogP contribution in [0.5, 0.6) is 11.5 Å². The molecule has 0 aromatic heterocycles. The van der Waals surface area contributed by atoms with Gasteiger partial charge >= 0.3 is 0 Å². The number of hydrogen-bond donors (Lipinski definition) is 1. The summed E-state index contributed by atoms with van der Waals surface area (Å²) in [6.07, 6.45) is 0.0485. The second-order valence-corrected chi connectivity index (χ2v) is 5.57. The number of para-hydroxylation sites is 2. The van der Waals surface area contributed by atoms with Crippen molar-refractivity contribution in [2.24, 2.45) is 0 Å². The van der Waals surface area contributed by atoms with E-state index in [2.05, 4.69) is 27.3 Å². The first kappa shape index (κ1) is 13.5. The van der Waals surface area contributed by atoms with Gasteiger partial charge in [0.1, 0.15) is 12.7 Å². The lowest BCUT2D eigenvalue weighted by Gasteiger charge is -2.26. The second-order valence-electron chi connectivity index (χ2n) is 4.72. The molecule has 0 saturated heterocycles. The van der Waals surface area contributed by atoms with Gasteiger partial charge in [0.2, 0.25) is 0 Å². The lowest BCUT2D eigenvalue weighted by molar-refractivity contribution is 0.0902. The van der Waals surface area contributed by atoms with Crippen LogP contribution in [0.4, 0.5) is 0 Å². The molecule has 4 heteroatoms. The third-order valence-electron chi connectivity index (χ3n) is 3.21. The smallest absolute Gasteiger partial charge is 0.161 e. The minimum Gasteiger partial charge on any atom is -0.486 e. The molecule has 0 amide bonds. The summed E-state index contributed by atoms with van der Waals surface area (Å²) >= 11 is 3.55. The highest BCUT2D eigenvalue weighted by Gasteiger charge is 2.19. The van der Waals surface area contributed by atoms with Gasteiger partial charge < -0.3 is 14.8 Å². The molecular formula is C16H16BrNO2. The topological polar surface area (TPSA) is 30.5 Å². The minimum atomic E-state index is 0.0485. The molecule has 3 rings (SSSR count). The Morgan fingerprint density at radius 3 is 2.65 bits per heavy atom. The van der Waals surface area contributed by atoms with Crippen molar-refractivity contribution < 1.29 is 9.47 Å². The van der Waals surface area contributed by atoms with Gasteiger partial charge in [0, 0.05) is 17.6 Å². The number of rotatable bonds is 4. The quantitative estimate of drug-likeness (QED) is 0.930. The Morgan fingerprint density at radius 2 is 1.80 bits per heavy atom. The van der Waals surface area contributed by atoms with Crippen LogP contribution in [0.3, 0.4) is 0 Å². The number of fused-ring (bicyclic) bond motifs is 1. The Bertz CT molecular complexity index is 588. The number of nitrogens with one attached hydrogen (secondary N) is 1. The van der Waals surface area contributed by atoms with Gasteiger partial charge in [-0.25, -0.2) is 0 Å². The van der Waals surface area contributed by atoms with Crippen LogP contribution in [0.1, 0.15) is 5.56 Å². The normalized spacial score (nSPS) is 16.9. The van der Waals surface area contributed by atoms with Crippen molar-refractivity contribution in [2.45, 2.75) is 12.6 Å². The van der Waals surface area contributed by atoms with Crippen molar-refractivity contribution in [3.63, 3.8) is 0 Å². The van der Waals surface area contributed by atoms with Crippen molar-refractivity contribution in [3.05, 3.63) is 58.6 Å². The van der Waals surface area contributed by atoms with Crippen molar-refractivity contribution in [2.75, 3.05) is 13.2 Å². The van der Waals surface area contributed by atoms with E-state index >= 15 is 0 Å². The average molecular weight is 334 g/mol. The lowest BCUT2D eigenvalue weighted by atomic mass is 10.2. The molecule has 0 spiro atoms. The predicted molar refractivity (Wildman–Crippen MR) is 82.2 cm³/mol. The molecule has 20 heavy (non-hydrogen) atoms. The van der Waals surface area contributed by atoms with Crippen LogP contribution in [0, 0.1) is 0 Å². The zero-order valence-corrected chi connectivity index (χ0v) is 12.6. The number of ether oxygens (including phenoxy) is 2. The van der Waals surface area contributed by atoms with Crippen molar-refractivity contribution in [1.82, 2.24) is 5.32 Å². The number of benzene rings is 2. The largest absolute Gasteiger partial charge is 0.486 e. The molecule has 0 radical (unpaired) electrons. The number of halogens is 1. The van der Waals surface area contributed by atoms with Gasteiger partial charge in [-0.05, 0) is 23.8 Å². The van der Waals surface area contributed by atoms with Crippen molar-refractivity contribution >= 4 is 15.9 Å². The third kappa shape index (κ3) is 3.14. The first-order chi connectivity index (χ1) is 9.83. The van der Waals surface area contributed by atoms with Gasteiger partial charge in [-0.2, -0.15) is 0 Å². The lowest BCUT2D eigenvalue weighted by Crippen LogP contribution is -2.38. The van der Waals surface area contributed by atoms with Crippen LogP contribution in [0.15, 0.2) is 53.0 Å². The van der Waals surface area contributed by atoms with Crippen LogP contribution in [0.2, 0.25) is 0 Å². The Balaban J connectivity index is 1.52. The minimum absolute atomic E-state index is 0.0485. The van der Waals surface area contributed by atoms with E-state index in [0.717, 1.165) is 29.1 Å². The second kappa shape index (κ2) is 6.29. The molecule has 2 aromatic rings. The molecule has 1 atom stereocenters. The predicted octanol–water partition coefficient (Wildman–Crippen LogP) is 3.38. The maximum atomic E-state index is 5.90. The first-order valence-corrected chi connectivity index (χ1v) is 7.45. The van der Waals surface area contributed by atoms with E-state index in [9.17, 15) is 0 Å². The fourth-order valence-corrected chi connectivity index (χ4v) is 2.60. The Hall–Kier alpha value is -1.52. The molecule has 0 bridgehead atoms. The van der Waals surface area contributed by atoms with E-state index in [0.29, 0.717) is 6.61 Å². The maximum absolute atomic E-state index is 5.90. The molecule has 1 aliphatic rings. The summed E-state index contributed by atoms with van der Waals surface area (Å²) in [5.74, 6) is 1.65. The van der Waals surface area contributed by atoms with Gasteiger partial charge in [0.05, 0.1) is 0 Å². The van der Waals surface area contributed by atoms with Crippen LogP contribution in [-0.2, 0) is 6.54 Å². The molecule has 104 valence electrons. The first-order valence-electron chi connectivity index (χ1n) is 6.65. The van der Waals surface area contributed by atoms with E-state index in [1.807, 2.05) is 42.5 Å². The molecule has 1 aliphatic heterocycles. The van der Waals surface area contributed by atoms with Gasteiger partial charge in [0.15, 0.2) is 11.5 Å². The van der Waals surface area contributed by atoms with Gasteiger partial charge in [0.25, 0.3) is 0 Å². The average Bonchev–Trinajstić information content (AvgIpc) is 2.49. The maximum Gasteiger partial charge on any atom is 0.161 e. The van der Waals surface area contributed by atoms with E-state index in [1.54, 1.807) is 0 Å². The van der Waals surface area contributed by atoms with Crippen LogP contribution < -0.4 is 14.8 Å². The van der Waals surface area contributed by atoms with Crippen molar-refractivity contribution in [1.29, 1.82) is 0 Å². The van der Waals surface area contributed by atoms with Crippen LogP contribution in [-0.4, -0.2) is 19.3 Å². The van der Waals surface area contributed by atoms with E-state index in [4.69, 9.17) is 9.47 Å². The van der Waals surface area contributed by atoms with Gasteiger partial charge in [-0.15, -0.1) is 0 Å². The molecular weight excluding hydrogens is 318 g/mol. The Kier molecular flexibility index (Phi) is 4.23. The molecule has 3 nitrogen and oxygen atoms in total. The molecule has 1 N–H and O–H groups in total. The van der Waals surface area contributed by atoms with Gasteiger partial charge in [-0.3, -0.25) is 0 Å². The molecule has 0 saturated carbocycles. The van der Waals surface area contributed by atoms with Crippen molar-refractivity contribution in [3.8, 4) is 11.5 Å². The Labute approximate surface area is 127 Å². The summed E-state index contributed by atoms with van der Waals surface area (Å²) in [7, 11) is 0. The highest BCUT2D eigenvalue weighted by Crippen LogP contribution is 2.30. The zero-order valence-electron chi connectivity index (χ0n) is 11.0. The summed E-state index contributed by atoms with van der Waals surface area (Å²) in [5.41, 5.74) is 1.24. The van der Waals surface area contributed by atoms with Crippen LogP contribution >= 0.6 is 15.9 Å². The van der Waals surface area contributed by atoms with E-state index in [-0.39, 0.29) is 6.10 Å². The summed E-state index contributed by atoms with van der Waals surface area (Å²) in [5, 5.41) is 3.41. The summed E-state index contributed by atoms with van der Waals surface area (Å²) in [4.78, 5) is 0. The zero-order chi connectivity index (χ0) is 13.8. The SMILES string of the molecule is Brc1ccccc1CNCC1COc2ccccc2O1. The third-order valence-corrected chi connectivity index (χ3v) is 3.99. The monoisotopic (exact) mass is 333 g/mol. The highest BCUT2D eigenvalue weighted by molar-refractivity contribution is 9.10. The highest BCUT2D eigenvalue weighted by atomic mass is 79.9. The van der Waals surface area contributed by atoms with Crippen LogP contribution in [0.25, 0.3) is 0 Å². The molecule has 2 aromatic carbocycles. The summed E-state index contributed by atoms with van der Waals surface area (Å²) in [6, 6.07) is 16.0. The fourth-order valence-electron chi connectivity index (χ4n) is 2.17. The standard InChI is InChI=1S/C16H16BrNO2/c17-14-6-2-1-5-12(14)9-18-10-13-11-19-15-7-3-4-8-16(15)20-13/h1-8,13,18H,9-11H2. The van der Waals surface area contributed by atoms with E-state index in [1.165, 1.54) is 5.56 Å². The Morgan fingerprint density at radius 1 is 1.05 bits per heavy atom. The number of hydrogen-bond acceptors (Lipinski definition) is 3. The summed E-state index contributed by atoms with van der Waals surface area (Å²) < 4.78 is 12.7. The molecule has 0 aliphatic carbocycles. The molecule has 1 heterocycles. The molecule has 1 unspecified atom stereocenters. The molecule has 0 fully saturated rings. The van der Waals surface area contributed by atoms with Gasteiger partial charge in [-0.1, -0.05) is 46.3 Å². The summed E-state index contributed by atoms with van der Waals surface area (Å²) in [6.45, 7) is 2.15.